The van der Waals surface area contributed by atoms with Crippen LogP contribution in [0.15, 0.2) is 22.0 Å². The lowest BCUT2D eigenvalue weighted by Gasteiger charge is -2.35. The van der Waals surface area contributed by atoms with Crippen LogP contribution in [0.2, 0.25) is 0 Å². The van der Waals surface area contributed by atoms with E-state index in [4.69, 9.17) is 9.63 Å². The van der Waals surface area contributed by atoms with Crippen molar-refractivity contribution in [3.05, 3.63) is 23.4 Å². The summed E-state index contributed by atoms with van der Waals surface area (Å²) in [5.74, 6) is 1.24. The summed E-state index contributed by atoms with van der Waals surface area (Å²) in [4.78, 5) is 18.7. The number of carbonyl (C=O) groups excluding carboxylic acids is 1. The molecule has 2 aromatic heterocycles. The van der Waals surface area contributed by atoms with E-state index >= 15 is 0 Å². The molecular weight excluding hydrogens is 278 g/mol. The highest BCUT2D eigenvalue weighted by Crippen LogP contribution is 2.21. The van der Waals surface area contributed by atoms with Gasteiger partial charge in [0.15, 0.2) is 0 Å². The number of hydrogen-bond donors (Lipinski definition) is 1. The molecule has 1 aliphatic rings. The van der Waals surface area contributed by atoms with Gasteiger partial charge in [0.1, 0.15) is 0 Å². The highest BCUT2D eigenvalue weighted by Gasteiger charge is 2.28. The second kappa shape index (κ2) is 5.72. The quantitative estimate of drug-likeness (QED) is 0.899. The van der Waals surface area contributed by atoms with Gasteiger partial charge in [0.2, 0.25) is 17.6 Å². The molecule has 3 rings (SSSR count). The molecule has 2 aromatic rings. The van der Waals surface area contributed by atoms with Crippen molar-refractivity contribution in [2.75, 3.05) is 13.1 Å². The van der Waals surface area contributed by atoms with Gasteiger partial charge in [-0.3, -0.25) is 4.79 Å². The lowest BCUT2D eigenvalue weighted by atomic mass is 10.1. The van der Waals surface area contributed by atoms with Crippen molar-refractivity contribution < 1.29 is 14.4 Å². The van der Waals surface area contributed by atoms with Crippen LogP contribution in [0.1, 0.15) is 18.7 Å². The van der Waals surface area contributed by atoms with E-state index in [0.29, 0.717) is 44.1 Å². The fraction of sp³-hybridized carbons (Fsp3) is 0.462. The molecule has 106 valence electrons. The summed E-state index contributed by atoms with van der Waals surface area (Å²) >= 11 is 1.56. The zero-order valence-electron chi connectivity index (χ0n) is 10.9. The smallest absolute Gasteiger partial charge is 0.226 e. The summed E-state index contributed by atoms with van der Waals surface area (Å²) in [6, 6.07) is 3.88. The molecule has 0 bridgehead atoms. The first-order valence-corrected chi connectivity index (χ1v) is 7.42. The number of carbonyl (C=O) groups is 1. The summed E-state index contributed by atoms with van der Waals surface area (Å²) < 4.78 is 5.17. The van der Waals surface area contributed by atoms with E-state index in [1.54, 1.807) is 16.2 Å². The van der Waals surface area contributed by atoms with Crippen LogP contribution in [0.4, 0.5) is 0 Å². The Morgan fingerprint density at radius 3 is 3.10 bits per heavy atom. The first-order valence-electron chi connectivity index (χ1n) is 6.54. The van der Waals surface area contributed by atoms with E-state index in [2.05, 4.69) is 10.1 Å². The maximum atomic E-state index is 11.7. The summed E-state index contributed by atoms with van der Waals surface area (Å²) in [5.41, 5.74) is 0. The van der Waals surface area contributed by atoms with Gasteiger partial charge in [-0.05, 0) is 17.9 Å². The van der Waals surface area contributed by atoms with Gasteiger partial charge in [-0.2, -0.15) is 4.98 Å². The van der Waals surface area contributed by atoms with Crippen LogP contribution in [0, 0.1) is 0 Å². The van der Waals surface area contributed by atoms with E-state index in [9.17, 15) is 4.79 Å². The highest BCUT2D eigenvalue weighted by atomic mass is 32.1. The van der Waals surface area contributed by atoms with Crippen LogP contribution in [0.3, 0.4) is 0 Å². The van der Waals surface area contributed by atoms with Crippen molar-refractivity contribution in [3.63, 3.8) is 0 Å². The Bertz CT molecular complexity index is 575. The first-order chi connectivity index (χ1) is 9.72. The molecule has 1 saturated heterocycles. The van der Waals surface area contributed by atoms with Crippen molar-refractivity contribution in [1.29, 1.82) is 0 Å². The Morgan fingerprint density at radius 1 is 1.55 bits per heavy atom. The molecule has 20 heavy (non-hydrogen) atoms. The van der Waals surface area contributed by atoms with Gasteiger partial charge in [-0.25, -0.2) is 0 Å². The number of likely N-dealkylation sites (tertiary alicyclic amines) is 1. The highest BCUT2D eigenvalue weighted by molar-refractivity contribution is 7.13. The molecule has 1 amide bonds. The van der Waals surface area contributed by atoms with E-state index in [1.807, 2.05) is 17.5 Å². The van der Waals surface area contributed by atoms with Crippen LogP contribution < -0.4 is 0 Å². The fourth-order valence-corrected chi connectivity index (χ4v) is 2.72. The number of rotatable bonds is 5. The molecule has 0 spiro atoms. The number of β-amino-alcohol motifs (C(OH)–C–C–N with tert-alkyl or cyclic N) is 1. The molecule has 1 fully saturated rings. The molecule has 1 aliphatic heterocycles. The van der Waals surface area contributed by atoms with Crippen LogP contribution >= 0.6 is 11.3 Å². The van der Waals surface area contributed by atoms with Gasteiger partial charge in [0.25, 0.3) is 0 Å². The molecule has 0 aliphatic carbocycles. The lowest BCUT2D eigenvalue weighted by Crippen LogP contribution is -2.53. The van der Waals surface area contributed by atoms with Gasteiger partial charge in [0.05, 0.1) is 11.0 Å². The largest absolute Gasteiger partial charge is 0.389 e. The summed E-state index contributed by atoms with van der Waals surface area (Å²) in [5, 5.41) is 15.0. The Morgan fingerprint density at radius 2 is 2.40 bits per heavy atom. The van der Waals surface area contributed by atoms with Crippen LogP contribution in [0.5, 0.6) is 0 Å². The number of aliphatic hydroxyl groups excluding tert-OH is 1. The Labute approximate surface area is 120 Å². The molecular formula is C13H15N3O3S. The Hall–Kier alpha value is -1.73. The van der Waals surface area contributed by atoms with Gasteiger partial charge < -0.3 is 14.5 Å². The Kier molecular flexibility index (Phi) is 3.79. The summed E-state index contributed by atoms with van der Waals surface area (Å²) in [6.07, 6.45) is 1.38. The maximum Gasteiger partial charge on any atom is 0.226 e. The zero-order valence-corrected chi connectivity index (χ0v) is 11.7. The SMILES string of the molecule is O=C(CCCc1nc(-c2cccs2)no1)N1CC(O)C1. The van der Waals surface area contributed by atoms with E-state index in [1.165, 1.54) is 0 Å². The molecule has 0 radical (unpaired) electrons. The second-order valence-corrected chi connectivity index (χ2v) is 5.74. The first kappa shape index (κ1) is 13.3. The third kappa shape index (κ3) is 2.88. The Balaban J connectivity index is 1.46. The molecule has 0 aromatic carbocycles. The predicted octanol–water partition coefficient (Wildman–Crippen LogP) is 1.32. The number of nitrogens with zero attached hydrogens (tertiary/aromatic N) is 3. The molecule has 0 atom stereocenters. The van der Waals surface area contributed by atoms with Crippen molar-refractivity contribution in [1.82, 2.24) is 15.0 Å². The van der Waals surface area contributed by atoms with Crippen molar-refractivity contribution in [3.8, 4) is 10.7 Å². The minimum atomic E-state index is -0.344. The molecule has 1 N–H and O–H groups in total. The molecule has 3 heterocycles. The molecule has 7 heteroatoms. The molecule has 0 unspecified atom stereocenters. The van der Waals surface area contributed by atoms with Crippen LogP contribution in [-0.2, 0) is 11.2 Å². The van der Waals surface area contributed by atoms with E-state index in [-0.39, 0.29) is 12.0 Å². The summed E-state index contributed by atoms with van der Waals surface area (Å²) in [6.45, 7) is 0.920. The molecule has 0 saturated carbocycles. The van der Waals surface area contributed by atoms with Gasteiger partial charge >= 0.3 is 0 Å². The topological polar surface area (TPSA) is 79.5 Å². The van der Waals surface area contributed by atoms with Crippen molar-refractivity contribution in [2.24, 2.45) is 0 Å². The minimum Gasteiger partial charge on any atom is -0.389 e. The molecule has 6 nitrogen and oxygen atoms in total. The third-order valence-electron chi connectivity index (χ3n) is 3.21. The number of aliphatic hydroxyl groups is 1. The van der Waals surface area contributed by atoms with Gasteiger partial charge in [-0.15, -0.1) is 11.3 Å². The van der Waals surface area contributed by atoms with Crippen LogP contribution in [-0.4, -0.2) is 45.2 Å². The van der Waals surface area contributed by atoms with Crippen molar-refractivity contribution in [2.45, 2.75) is 25.4 Å². The van der Waals surface area contributed by atoms with Crippen LogP contribution in [0.25, 0.3) is 10.7 Å². The summed E-state index contributed by atoms with van der Waals surface area (Å²) in [7, 11) is 0. The van der Waals surface area contributed by atoms with Gasteiger partial charge in [0, 0.05) is 25.9 Å². The normalized spacial score (nSPS) is 15.3. The van der Waals surface area contributed by atoms with E-state index in [0.717, 1.165) is 4.88 Å². The maximum absolute atomic E-state index is 11.7. The van der Waals surface area contributed by atoms with Gasteiger partial charge in [-0.1, -0.05) is 11.2 Å². The number of aromatic nitrogens is 2. The predicted molar refractivity (Wildman–Crippen MR) is 73.1 cm³/mol. The zero-order chi connectivity index (χ0) is 13.9. The fourth-order valence-electron chi connectivity index (χ4n) is 2.07. The third-order valence-corrected chi connectivity index (χ3v) is 4.07. The average Bonchev–Trinajstić information content (AvgIpc) is 3.05. The monoisotopic (exact) mass is 293 g/mol. The second-order valence-electron chi connectivity index (χ2n) is 4.80. The van der Waals surface area contributed by atoms with Crippen molar-refractivity contribution >= 4 is 17.2 Å². The lowest BCUT2D eigenvalue weighted by molar-refractivity contribution is -0.141. The number of amides is 1. The van der Waals surface area contributed by atoms with E-state index < -0.39 is 0 Å². The minimum absolute atomic E-state index is 0.0771. The number of thiophene rings is 1. The standard InChI is InChI=1S/C13H15N3O3S/c17-9-7-16(8-9)12(18)5-1-4-11-14-13(15-19-11)10-3-2-6-20-10/h2-3,6,9,17H,1,4-5,7-8H2. The number of aryl methyl sites for hydroxylation is 1. The number of hydrogen-bond acceptors (Lipinski definition) is 6. The average molecular weight is 293 g/mol.